The van der Waals surface area contributed by atoms with Crippen LogP contribution in [0.1, 0.15) is 30.9 Å². The number of benzene rings is 2. The smallest absolute Gasteiger partial charge is 0.291 e. The van der Waals surface area contributed by atoms with E-state index in [-0.39, 0.29) is 23.8 Å². The first-order valence-electron chi connectivity index (χ1n) is 10.8. The second-order valence-electron chi connectivity index (χ2n) is 8.72. The van der Waals surface area contributed by atoms with E-state index in [1.165, 1.54) is 23.1 Å². The van der Waals surface area contributed by atoms with Gasteiger partial charge in [0.1, 0.15) is 23.7 Å². The van der Waals surface area contributed by atoms with Gasteiger partial charge >= 0.3 is 0 Å². The van der Waals surface area contributed by atoms with Crippen molar-refractivity contribution in [3.63, 3.8) is 0 Å². The molecule has 3 N–H and O–H groups in total. The molecule has 0 saturated carbocycles. The summed E-state index contributed by atoms with van der Waals surface area (Å²) >= 11 is 0. The first-order valence-corrected chi connectivity index (χ1v) is 10.8. The maximum absolute atomic E-state index is 14.2. The summed E-state index contributed by atoms with van der Waals surface area (Å²) in [5, 5.41) is 4.68. The van der Waals surface area contributed by atoms with Crippen molar-refractivity contribution in [3.8, 4) is 0 Å². The number of halogens is 1. The van der Waals surface area contributed by atoms with Crippen LogP contribution in [0.4, 0.5) is 10.1 Å². The molecule has 2 aromatic carbocycles. The van der Waals surface area contributed by atoms with Gasteiger partial charge in [-0.25, -0.2) is 4.39 Å². The summed E-state index contributed by atoms with van der Waals surface area (Å²) in [5.41, 5.74) is 0.676. The lowest BCUT2D eigenvalue weighted by atomic mass is 9.76. The molecule has 31 heavy (non-hydrogen) atoms. The van der Waals surface area contributed by atoms with E-state index in [1.807, 2.05) is 42.6 Å². The monoisotopic (exact) mass is 422 g/mol. The number of anilines is 1. The third-order valence-electron chi connectivity index (χ3n) is 6.97. The van der Waals surface area contributed by atoms with Crippen molar-refractivity contribution in [2.24, 2.45) is 11.8 Å². The topological polar surface area (TPSA) is 83.1 Å². The fourth-order valence-electron chi connectivity index (χ4n) is 5.60. The fraction of sp³-hybridized carbons (Fsp3) is 0.375. The van der Waals surface area contributed by atoms with Crippen molar-refractivity contribution in [3.05, 3.63) is 65.5 Å². The predicted octanol–water partition coefficient (Wildman–Crippen LogP) is 1.56. The quantitative estimate of drug-likeness (QED) is 0.718. The van der Waals surface area contributed by atoms with E-state index in [9.17, 15) is 18.8 Å². The second kappa shape index (κ2) is 7.27. The number of nitrogens with one attached hydrogen (secondary N) is 1. The Labute approximate surface area is 179 Å². The van der Waals surface area contributed by atoms with Crippen LogP contribution in [0.3, 0.4) is 0 Å². The molecule has 0 unspecified atom stereocenters. The minimum Gasteiger partial charge on any atom is -0.326 e. The van der Waals surface area contributed by atoms with E-state index < -0.39 is 23.2 Å². The first kappa shape index (κ1) is 19.9. The van der Waals surface area contributed by atoms with Gasteiger partial charge in [-0.2, -0.15) is 0 Å². The van der Waals surface area contributed by atoms with Crippen LogP contribution in [-0.4, -0.2) is 35.2 Å². The zero-order valence-corrected chi connectivity index (χ0v) is 17.3. The Morgan fingerprint density at radius 1 is 1.10 bits per heavy atom. The number of fused-ring (bicyclic) bond motifs is 4. The Morgan fingerprint density at radius 2 is 1.87 bits per heavy atom. The van der Waals surface area contributed by atoms with Crippen LogP contribution < -0.4 is 10.6 Å². The molecule has 1 spiro atoms. The lowest BCUT2D eigenvalue weighted by molar-refractivity contribution is -0.733. The first-order chi connectivity index (χ1) is 15.0. The number of rotatable bonds is 5. The van der Waals surface area contributed by atoms with Crippen molar-refractivity contribution >= 4 is 23.4 Å². The lowest BCUT2D eigenvalue weighted by Crippen LogP contribution is -2.99. The molecular weight excluding hydrogens is 397 g/mol. The minimum atomic E-state index is -1.32. The van der Waals surface area contributed by atoms with Gasteiger partial charge < -0.3 is 10.6 Å². The number of hydrogen-bond donors (Lipinski definition) is 2. The largest absolute Gasteiger partial charge is 0.326 e. The van der Waals surface area contributed by atoms with Crippen molar-refractivity contribution in [1.29, 1.82) is 0 Å². The summed E-state index contributed by atoms with van der Waals surface area (Å²) in [6.07, 6.45) is 2.11. The highest BCUT2D eigenvalue weighted by Gasteiger charge is 2.74. The highest BCUT2D eigenvalue weighted by Crippen LogP contribution is 2.49. The van der Waals surface area contributed by atoms with Crippen LogP contribution in [0.25, 0.3) is 0 Å². The molecule has 3 aliphatic rings. The normalized spacial score (nSPS) is 28.9. The third kappa shape index (κ3) is 2.83. The van der Waals surface area contributed by atoms with Gasteiger partial charge in [-0.3, -0.25) is 19.3 Å². The van der Waals surface area contributed by atoms with Gasteiger partial charge in [0.25, 0.3) is 5.91 Å². The molecule has 3 amide bonds. The van der Waals surface area contributed by atoms with E-state index in [4.69, 9.17) is 0 Å². The molecule has 0 aromatic heterocycles. The van der Waals surface area contributed by atoms with E-state index in [1.54, 1.807) is 0 Å². The lowest BCUT2D eigenvalue weighted by Gasteiger charge is -2.26. The SMILES string of the molecule is CCCCN1C(=O)[C@H]2[C@@H](C1=O)[C@]1([NH2+][C@@H]2Cc2ccccc2)C(=O)Nc2ccc(F)cc21. The third-order valence-corrected chi connectivity index (χ3v) is 6.97. The molecular formula is C24H25FN3O3+. The predicted molar refractivity (Wildman–Crippen MR) is 111 cm³/mol. The standard InChI is InChI=1S/C24H24FN3O3/c1-2-3-11-28-21(29)19-18(12-14-7-5-4-6-8-14)27-24(20(19)22(28)30)16-13-15(25)9-10-17(16)26-23(24)31/h4-10,13,18-20,27H,2-3,11-12H2,1H3,(H,26,31)/p+1/t18-,19-,20+,24+/m1/s1. The number of hydrogen-bond acceptors (Lipinski definition) is 3. The summed E-state index contributed by atoms with van der Waals surface area (Å²) in [6.45, 7) is 2.36. The van der Waals surface area contributed by atoms with Gasteiger partial charge in [-0.05, 0) is 30.2 Å². The second-order valence-corrected chi connectivity index (χ2v) is 8.72. The molecule has 0 aliphatic carbocycles. The van der Waals surface area contributed by atoms with Gasteiger partial charge in [0.2, 0.25) is 17.4 Å². The summed E-state index contributed by atoms with van der Waals surface area (Å²) < 4.78 is 14.2. The van der Waals surface area contributed by atoms with E-state index in [0.29, 0.717) is 30.6 Å². The molecule has 0 radical (unpaired) electrons. The highest BCUT2D eigenvalue weighted by atomic mass is 19.1. The molecule has 3 heterocycles. The van der Waals surface area contributed by atoms with E-state index in [0.717, 1.165) is 12.0 Å². The van der Waals surface area contributed by atoms with Crippen LogP contribution in [-0.2, 0) is 26.3 Å². The van der Waals surface area contributed by atoms with Gasteiger partial charge in [-0.15, -0.1) is 0 Å². The molecule has 160 valence electrons. The molecule has 7 heteroatoms. The Morgan fingerprint density at radius 3 is 2.61 bits per heavy atom. The van der Waals surface area contributed by atoms with Crippen molar-refractivity contribution in [2.45, 2.75) is 37.8 Å². The molecule has 2 fully saturated rings. The van der Waals surface area contributed by atoms with Gasteiger partial charge in [-0.1, -0.05) is 43.7 Å². The maximum atomic E-state index is 14.2. The average Bonchev–Trinajstić information content (AvgIpc) is 3.33. The number of carbonyl (C=O) groups is 3. The Bertz CT molecular complexity index is 1070. The Balaban J connectivity index is 1.62. The highest BCUT2D eigenvalue weighted by molar-refractivity contribution is 6.13. The summed E-state index contributed by atoms with van der Waals surface area (Å²) in [6, 6.07) is 13.6. The van der Waals surface area contributed by atoms with Crippen molar-refractivity contribution < 1.29 is 24.1 Å². The molecule has 4 atom stereocenters. The number of nitrogens with two attached hydrogens (primary N) is 1. The number of nitrogens with zero attached hydrogens (tertiary/aromatic N) is 1. The number of quaternary nitrogens is 1. The average molecular weight is 422 g/mol. The van der Waals surface area contributed by atoms with Crippen LogP contribution >= 0.6 is 0 Å². The molecule has 3 aliphatic heterocycles. The Hall–Kier alpha value is -3.06. The zero-order valence-electron chi connectivity index (χ0n) is 17.3. The number of unbranched alkanes of at least 4 members (excludes halogenated alkanes) is 1. The molecule has 2 saturated heterocycles. The maximum Gasteiger partial charge on any atom is 0.291 e. The minimum absolute atomic E-state index is 0.213. The van der Waals surface area contributed by atoms with Crippen molar-refractivity contribution in [2.75, 3.05) is 11.9 Å². The molecule has 2 aromatic rings. The van der Waals surface area contributed by atoms with E-state index >= 15 is 0 Å². The van der Waals surface area contributed by atoms with Crippen LogP contribution in [0.2, 0.25) is 0 Å². The number of likely N-dealkylation sites (tertiary alicyclic amines) is 1. The summed E-state index contributed by atoms with van der Waals surface area (Å²) in [4.78, 5) is 41.6. The van der Waals surface area contributed by atoms with Crippen LogP contribution in [0, 0.1) is 17.7 Å². The van der Waals surface area contributed by atoms with Gasteiger partial charge in [0, 0.05) is 18.5 Å². The van der Waals surface area contributed by atoms with Gasteiger partial charge in [0.15, 0.2) is 0 Å². The summed E-state index contributed by atoms with van der Waals surface area (Å²) in [7, 11) is 0. The van der Waals surface area contributed by atoms with E-state index in [2.05, 4.69) is 5.32 Å². The zero-order chi connectivity index (χ0) is 21.8. The number of amides is 3. The number of imide groups is 1. The molecule has 6 nitrogen and oxygen atoms in total. The molecule has 5 rings (SSSR count). The summed E-state index contributed by atoms with van der Waals surface area (Å²) in [5.74, 6) is -2.81. The Kier molecular flexibility index (Phi) is 4.66. The van der Waals surface area contributed by atoms with Crippen LogP contribution in [0.5, 0.6) is 0 Å². The molecule has 0 bridgehead atoms. The van der Waals surface area contributed by atoms with Crippen molar-refractivity contribution in [1.82, 2.24) is 4.90 Å². The number of carbonyl (C=O) groups excluding carboxylic acids is 3. The van der Waals surface area contributed by atoms with Crippen LogP contribution in [0.15, 0.2) is 48.5 Å². The van der Waals surface area contributed by atoms with Gasteiger partial charge in [0.05, 0.1) is 5.69 Å². The fourth-order valence-corrected chi connectivity index (χ4v) is 5.60.